The van der Waals surface area contributed by atoms with Crippen LogP contribution in [0.15, 0.2) is 41.8 Å². The molecule has 2 aromatic heterocycles. The van der Waals surface area contributed by atoms with E-state index in [1.165, 1.54) is 17.7 Å². The topological polar surface area (TPSA) is 45.2 Å². The second-order valence-corrected chi connectivity index (χ2v) is 8.75. The number of aryl methyl sites for hydroxylation is 1. The molecule has 0 spiro atoms. The van der Waals surface area contributed by atoms with E-state index in [2.05, 4.69) is 27.7 Å². The summed E-state index contributed by atoms with van der Waals surface area (Å²) in [6.07, 6.45) is 5.52. The summed E-state index contributed by atoms with van der Waals surface area (Å²) in [6, 6.07) is 12.6. The Kier molecular flexibility index (Phi) is 4.87. The van der Waals surface area contributed by atoms with E-state index in [0.29, 0.717) is 6.54 Å². The summed E-state index contributed by atoms with van der Waals surface area (Å²) in [5, 5.41) is 6.39. The number of aromatic nitrogens is 1. The number of benzene rings is 1. The number of thiophene rings is 1. The Morgan fingerprint density at radius 2 is 1.96 bits per heavy atom. The molecule has 0 radical (unpaired) electrons. The first-order valence-electron chi connectivity index (χ1n) is 10.3. The van der Waals surface area contributed by atoms with E-state index in [4.69, 9.17) is 4.98 Å². The largest absolute Gasteiger partial charge is 0.350 e. The molecule has 1 saturated heterocycles. The van der Waals surface area contributed by atoms with Crippen LogP contribution >= 0.6 is 11.3 Å². The maximum absolute atomic E-state index is 13.4. The molecular weight excluding hydrogens is 366 g/mol. The third-order valence-corrected chi connectivity index (χ3v) is 7.03. The van der Waals surface area contributed by atoms with Gasteiger partial charge in [0, 0.05) is 22.5 Å². The maximum Gasteiger partial charge on any atom is 0.252 e. The van der Waals surface area contributed by atoms with Crippen LogP contribution in [0.2, 0.25) is 0 Å². The summed E-state index contributed by atoms with van der Waals surface area (Å²) in [6.45, 7) is 2.89. The van der Waals surface area contributed by atoms with Crippen molar-refractivity contribution in [2.75, 3.05) is 19.6 Å². The van der Waals surface area contributed by atoms with Gasteiger partial charge in [0.05, 0.1) is 17.1 Å². The number of fused-ring (bicyclic) bond motifs is 2. The lowest BCUT2D eigenvalue weighted by Crippen LogP contribution is -2.36. The second kappa shape index (κ2) is 7.64. The van der Waals surface area contributed by atoms with Crippen molar-refractivity contribution in [1.29, 1.82) is 0 Å². The van der Waals surface area contributed by atoms with Gasteiger partial charge in [-0.25, -0.2) is 0 Å². The Hall–Kier alpha value is -2.24. The van der Waals surface area contributed by atoms with Crippen molar-refractivity contribution in [3.8, 4) is 0 Å². The van der Waals surface area contributed by atoms with Crippen LogP contribution in [0.3, 0.4) is 0 Å². The van der Waals surface area contributed by atoms with Crippen molar-refractivity contribution in [3.63, 3.8) is 0 Å². The first-order chi connectivity index (χ1) is 13.8. The van der Waals surface area contributed by atoms with E-state index in [1.807, 2.05) is 24.3 Å². The highest BCUT2D eigenvalue weighted by atomic mass is 32.1. The van der Waals surface area contributed by atoms with Crippen molar-refractivity contribution in [2.24, 2.45) is 0 Å². The number of hydrogen-bond donors (Lipinski definition) is 1. The molecule has 3 heterocycles. The van der Waals surface area contributed by atoms with E-state index < -0.39 is 0 Å². The highest BCUT2D eigenvalue weighted by Crippen LogP contribution is 2.31. The Balaban J connectivity index is 1.44. The average molecular weight is 392 g/mol. The predicted octanol–water partition coefficient (Wildman–Crippen LogP) is 4.35. The van der Waals surface area contributed by atoms with Gasteiger partial charge in [-0.2, -0.15) is 0 Å². The van der Waals surface area contributed by atoms with Crippen molar-refractivity contribution in [2.45, 2.75) is 38.1 Å². The van der Waals surface area contributed by atoms with Gasteiger partial charge in [-0.15, -0.1) is 11.3 Å². The Morgan fingerprint density at radius 1 is 1.11 bits per heavy atom. The fraction of sp³-hybridized carbons (Fsp3) is 0.391. The number of rotatable bonds is 5. The number of hydrogen-bond acceptors (Lipinski definition) is 4. The summed E-state index contributed by atoms with van der Waals surface area (Å²) in [4.78, 5) is 22.0. The van der Waals surface area contributed by atoms with Crippen LogP contribution in [0.4, 0.5) is 0 Å². The van der Waals surface area contributed by atoms with Gasteiger partial charge in [0.1, 0.15) is 0 Å². The van der Waals surface area contributed by atoms with Gasteiger partial charge in [0.25, 0.3) is 5.91 Å². The number of nitrogens with one attached hydrogen (secondary N) is 1. The number of pyridine rings is 1. The van der Waals surface area contributed by atoms with E-state index in [-0.39, 0.29) is 11.9 Å². The lowest BCUT2D eigenvalue weighted by Gasteiger charge is -2.27. The zero-order chi connectivity index (χ0) is 18.9. The molecule has 5 heteroatoms. The zero-order valence-electron chi connectivity index (χ0n) is 16.0. The molecule has 1 unspecified atom stereocenters. The van der Waals surface area contributed by atoms with Gasteiger partial charge in [0.2, 0.25) is 0 Å². The fourth-order valence-electron chi connectivity index (χ4n) is 4.69. The van der Waals surface area contributed by atoms with Gasteiger partial charge < -0.3 is 5.32 Å². The lowest BCUT2D eigenvalue weighted by molar-refractivity contribution is 0.0939. The molecule has 28 heavy (non-hydrogen) atoms. The quantitative estimate of drug-likeness (QED) is 0.703. The molecule has 0 saturated carbocycles. The highest BCUT2D eigenvalue weighted by molar-refractivity contribution is 7.10. The molecule has 144 valence electrons. The van der Waals surface area contributed by atoms with E-state index >= 15 is 0 Å². The van der Waals surface area contributed by atoms with Gasteiger partial charge >= 0.3 is 0 Å². The SMILES string of the molecule is O=C(NCC(c1cccs1)N1CCCC1)c1c2c(nc3ccccc13)CCC2. The van der Waals surface area contributed by atoms with Crippen molar-refractivity contribution >= 4 is 28.1 Å². The zero-order valence-corrected chi connectivity index (χ0v) is 16.8. The number of carbonyl (C=O) groups excluding carboxylic acids is 1. The van der Waals surface area contributed by atoms with Crippen LogP contribution < -0.4 is 5.32 Å². The minimum Gasteiger partial charge on any atom is -0.350 e. The number of likely N-dealkylation sites (tertiary alicyclic amines) is 1. The highest BCUT2D eigenvalue weighted by Gasteiger charge is 2.27. The van der Waals surface area contributed by atoms with Gasteiger partial charge in [-0.1, -0.05) is 24.3 Å². The first-order valence-corrected chi connectivity index (χ1v) is 11.2. The van der Waals surface area contributed by atoms with Crippen LogP contribution in [-0.2, 0) is 12.8 Å². The van der Waals surface area contributed by atoms with Crippen molar-refractivity contribution < 1.29 is 4.79 Å². The molecule has 1 aromatic carbocycles. The molecule has 5 rings (SSSR count). The van der Waals surface area contributed by atoms with Gasteiger partial charge in [-0.3, -0.25) is 14.7 Å². The van der Waals surface area contributed by atoms with Gasteiger partial charge in [0.15, 0.2) is 0 Å². The van der Waals surface area contributed by atoms with Crippen LogP contribution in [0, 0.1) is 0 Å². The maximum atomic E-state index is 13.4. The molecule has 0 bridgehead atoms. The molecular formula is C23H25N3OS. The Labute approximate surface area is 169 Å². The normalized spacial score (nSPS) is 17.7. The van der Waals surface area contributed by atoms with Crippen molar-refractivity contribution in [3.05, 3.63) is 63.5 Å². The van der Waals surface area contributed by atoms with Crippen molar-refractivity contribution in [1.82, 2.24) is 15.2 Å². The number of carbonyl (C=O) groups is 1. The fourth-order valence-corrected chi connectivity index (χ4v) is 5.55. The Morgan fingerprint density at radius 3 is 2.79 bits per heavy atom. The summed E-state index contributed by atoms with van der Waals surface area (Å²) in [5.74, 6) is 0.0532. The first kappa shape index (κ1) is 17.8. The summed E-state index contributed by atoms with van der Waals surface area (Å²) < 4.78 is 0. The summed E-state index contributed by atoms with van der Waals surface area (Å²) >= 11 is 1.79. The molecule has 1 N–H and O–H groups in total. The van der Waals surface area contributed by atoms with Crippen LogP contribution in [-0.4, -0.2) is 35.4 Å². The number of amides is 1. The number of para-hydroxylation sites is 1. The van der Waals surface area contributed by atoms with Crippen LogP contribution in [0.5, 0.6) is 0 Å². The Bertz CT molecular complexity index is 993. The van der Waals surface area contributed by atoms with Crippen LogP contribution in [0.1, 0.15) is 51.8 Å². The summed E-state index contributed by atoms with van der Waals surface area (Å²) in [7, 11) is 0. The number of nitrogens with zero attached hydrogens (tertiary/aromatic N) is 2. The van der Waals surface area contributed by atoms with E-state index in [1.54, 1.807) is 11.3 Å². The van der Waals surface area contributed by atoms with Gasteiger partial charge in [-0.05, 0) is 68.3 Å². The summed E-state index contributed by atoms with van der Waals surface area (Å²) in [5.41, 5.74) is 4.05. The van der Waals surface area contributed by atoms with E-state index in [0.717, 1.165) is 60.1 Å². The predicted molar refractivity (Wildman–Crippen MR) is 114 cm³/mol. The molecule has 1 atom stereocenters. The molecule has 3 aromatic rings. The average Bonchev–Trinajstić information content (AvgIpc) is 3.48. The molecule has 1 amide bonds. The standard InChI is InChI=1S/C23H25N3OS/c27-23(24-15-20(21-11-6-14-28-21)26-12-3-4-13-26)22-16-7-1-2-9-18(16)25-19-10-5-8-17(19)22/h1-2,6-7,9,11,14,20H,3-5,8,10,12-13,15H2,(H,24,27). The molecule has 1 aliphatic carbocycles. The molecule has 1 aliphatic heterocycles. The molecule has 2 aliphatic rings. The molecule has 1 fully saturated rings. The minimum atomic E-state index is 0.0532. The van der Waals surface area contributed by atoms with E-state index in [9.17, 15) is 4.79 Å². The minimum absolute atomic E-state index is 0.0532. The monoisotopic (exact) mass is 391 g/mol. The smallest absolute Gasteiger partial charge is 0.252 e. The lowest BCUT2D eigenvalue weighted by atomic mass is 10.0. The third-order valence-electron chi connectivity index (χ3n) is 6.06. The second-order valence-electron chi connectivity index (χ2n) is 7.77. The molecule has 4 nitrogen and oxygen atoms in total. The van der Waals surface area contributed by atoms with Crippen LogP contribution in [0.25, 0.3) is 10.9 Å². The third kappa shape index (κ3) is 3.23.